The van der Waals surface area contributed by atoms with E-state index in [9.17, 15) is 0 Å². The Morgan fingerprint density at radius 2 is 1.06 bits per heavy atom. The molecule has 1 spiro atoms. The van der Waals surface area contributed by atoms with Crippen molar-refractivity contribution in [3.05, 3.63) is 257 Å². The van der Waals surface area contributed by atoms with E-state index in [-0.39, 0.29) is 29.1 Å². The maximum atomic E-state index is 2.61. The minimum atomic E-state index is -0.251. The SMILES string of the molecule is C1=CC2C(C(N(c3ccc(-c4cccc5sc6ccccc6c45)cc3)c3ccccc3-c3ccccc3)=C1)c1ccccc1C21c2ccccc2C2c3sc4ccccc4c3C=CC21. The third-order valence-electron chi connectivity index (χ3n) is 14.9. The largest absolute Gasteiger partial charge is 0.313 e. The first-order chi connectivity index (χ1) is 31.8. The quantitative estimate of drug-likeness (QED) is 0.167. The Morgan fingerprint density at radius 1 is 0.453 bits per heavy atom. The maximum Gasteiger partial charge on any atom is 0.0537 e. The van der Waals surface area contributed by atoms with Gasteiger partial charge in [-0.3, -0.25) is 0 Å². The first kappa shape index (κ1) is 36.4. The van der Waals surface area contributed by atoms with Crippen LogP contribution in [0.2, 0.25) is 0 Å². The van der Waals surface area contributed by atoms with E-state index >= 15 is 0 Å². The van der Waals surface area contributed by atoms with Gasteiger partial charge in [-0.05, 0) is 92.4 Å². The lowest BCUT2D eigenvalue weighted by molar-refractivity contribution is 0.306. The fourth-order valence-corrected chi connectivity index (χ4v) is 15.0. The molecule has 0 bridgehead atoms. The highest BCUT2D eigenvalue weighted by molar-refractivity contribution is 7.26. The highest BCUT2D eigenvalue weighted by Gasteiger charge is 2.63. The molecule has 4 aliphatic carbocycles. The van der Waals surface area contributed by atoms with E-state index < -0.39 is 0 Å². The van der Waals surface area contributed by atoms with Crippen LogP contribution >= 0.6 is 22.7 Å². The van der Waals surface area contributed by atoms with Crippen molar-refractivity contribution in [2.24, 2.45) is 11.8 Å². The summed E-state index contributed by atoms with van der Waals surface area (Å²) in [5.41, 5.74) is 15.6. The Labute approximate surface area is 381 Å². The molecule has 302 valence electrons. The van der Waals surface area contributed by atoms with Gasteiger partial charge < -0.3 is 4.90 Å². The van der Waals surface area contributed by atoms with E-state index in [1.165, 1.54) is 96.6 Å². The van der Waals surface area contributed by atoms with Gasteiger partial charge in [0.2, 0.25) is 0 Å². The maximum absolute atomic E-state index is 2.61. The number of rotatable bonds is 5. The average molecular weight is 852 g/mol. The van der Waals surface area contributed by atoms with Crippen molar-refractivity contribution in [2.45, 2.75) is 17.3 Å². The fraction of sp³-hybridized carbons (Fsp3) is 0.0820. The monoisotopic (exact) mass is 851 g/mol. The number of nitrogens with zero attached hydrogens (tertiary/aromatic N) is 1. The molecule has 1 nitrogen and oxygen atoms in total. The van der Waals surface area contributed by atoms with Crippen LogP contribution in [0.4, 0.5) is 11.4 Å². The number of fused-ring (bicyclic) bond motifs is 17. The molecular weight excluding hydrogens is 811 g/mol. The topological polar surface area (TPSA) is 3.24 Å². The molecular formula is C61H41NS2. The van der Waals surface area contributed by atoms with Gasteiger partial charge in [-0.15, -0.1) is 22.7 Å². The third-order valence-corrected chi connectivity index (χ3v) is 17.3. The lowest BCUT2D eigenvalue weighted by Crippen LogP contribution is -2.40. The van der Waals surface area contributed by atoms with Crippen molar-refractivity contribution in [2.75, 3.05) is 4.90 Å². The second kappa shape index (κ2) is 14.0. The molecule has 0 amide bonds. The number of thiophene rings is 2. The lowest BCUT2D eigenvalue weighted by Gasteiger charge is -2.43. The van der Waals surface area contributed by atoms with Gasteiger partial charge in [0.1, 0.15) is 0 Å². The van der Waals surface area contributed by atoms with Gasteiger partial charge in [-0.1, -0.05) is 182 Å². The number of hydrogen-bond acceptors (Lipinski definition) is 3. The molecule has 0 fully saturated rings. The van der Waals surface area contributed by atoms with Crippen LogP contribution in [-0.4, -0.2) is 0 Å². The van der Waals surface area contributed by atoms with E-state index in [1.54, 1.807) is 0 Å². The molecule has 2 aromatic heterocycles. The number of para-hydroxylation sites is 1. The van der Waals surface area contributed by atoms with Crippen molar-refractivity contribution in [1.82, 2.24) is 0 Å². The molecule has 2 heterocycles. The Balaban J connectivity index is 0.963. The van der Waals surface area contributed by atoms with Crippen LogP contribution in [0.3, 0.4) is 0 Å². The number of hydrogen-bond donors (Lipinski definition) is 0. The zero-order valence-electron chi connectivity index (χ0n) is 34.9. The summed E-state index contributed by atoms with van der Waals surface area (Å²) in [4.78, 5) is 4.11. The molecule has 5 atom stereocenters. The molecule has 8 aromatic carbocycles. The fourth-order valence-electron chi connectivity index (χ4n) is 12.5. The second-order valence-electron chi connectivity index (χ2n) is 17.8. The standard InChI is InChI=1S/C61H41NS2/c1-2-16-38(17-3-1)41-18-6-11-27-52(41)62(40-34-32-39(33-35-40)42-23-14-31-56-57(42)47-22-8-13-30-55(47)63-56)53-28-15-26-50-58(53)45-20-4-9-24-48(45)61(50)49-25-10-5-21-46(49)59-51(61)37-36-44-43-19-7-12-29-54(43)64-60(44)59/h1-37,50-51,58-59H. The number of anilines is 2. The molecule has 64 heavy (non-hydrogen) atoms. The highest BCUT2D eigenvalue weighted by atomic mass is 32.1. The summed E-state index contributed by atoms with van der Waals surface area (Å²) in [6.45, 7) is 0. The summed E-state index contributed by atoms with van der Waals surface area (Å²) >= 11 is 3.88. The number of allylic oxidation sites excluding steroid dienone is 5. The molecule has 0 N–H and O–H groups in total. The first-order valence-electron chi connectivity index (χ1n) is 22.5. The highest BCUT2D eigenvalue weighted by Crippen LogP contribution is 2.70. The van der Waals surface area contributed by atoms with Crippen molar-refractivity contribution in [3.63, 3.8) is 0 Å². The molecule has 0 aliphatic heterocycles. The van der Waals surface area contributed by atoms with Crippen molar-refractivity contribution >= 4 is 70.4 Å². The van der Waals surface area contributed by atoms with Crippen LogP contribution in [0.15, 0.2) is 224 Å². The number of benzene rings is 8. The van der Waals surface area contributed by atoms with Crippen molar-refractivity contribution in [1.29, 1.82) is 0 Å². The molecule has 4 aliphatic rings. The normalized spacial score (nSPS) is 21.2. The van der Waals surface area contributed by atoms with Gasteiger partial charge in [0, 0.05) is 75.8 Å². The molecule has 3 heteroatoms. The van der Waals surface area contributed by atoms with Gasteiger partial charge in [0.25, 0.3) is 0 Å². The third kappa shape index (κ3) is 5.00. The molecule has 14 rings (SSSR count). The first-order valence-corrected chi connectivity index (χ1v) is 24.1. The van der Waals surface area contributed by atoms with Crippen LogP contribution in [-0.2, 0) is 5.41 Å². The summed E-state index contributed by atoms with van der Waals surface area (Å²) in [7, 11) is 0. The predicted octanol–water partition coefficient (Wildman–Crippen LogP) is 16.7. The van der Waals surface area contributed by atoms with E-state index in [2.05, 4.69) is 229 Å². The van der Waals surface area contributed by atoms with Crippen molar-refractivity contribution in [3.8, 4) is 22.3 Å². The summed E-state index contributed by atoms with van der Waals surface area (Å²) in [6, 6.07) is 72.9. The zero-order valence-corrected chi connectivity index (χ0v) is 36.6. The van der Waals surface area contributed by atoms with Crippen LogP contribution in [0.25, 0.3) is 58.6 Å². The molecule has 0 radical (unpaired) electrons. The predicted molar refractivity (Wildman–Crippen MR) is 272 cm³/mol. The lowest BCUT2D eigenvalue weighted by atomic mass is 9.60. The van der Waals surface area contributed by atoms with Gasteiger partial charge in [-0.25, -0.2) is 0 Å². The van der Waals surface area contributed by atoms with E-state index in [4.69, 9.17) is 0 Å². The van der Waals surface area contributed by atoms with Crippen LogP contribution in [0, 0.1) is 11.8 Å². The van der Waals surface area contributed by atoms with Gasteiger partial charge in [0.15, 0.2) is 0 Å². The minimum Gasteiger partial charge on any atom is -0.313 e. The molecule has 10 aromatic rings. The van der Waals surface area contributed by atoms with Crippen LogP contribution in [0.1, 0.15) is 44.5 Å². The molecule has 0 saturated heterocycles. The smallest absolute Gasteiger partial charge is 0.0537 e. The second-order valence-corrected chi connectivity index (χ2v) is 20.0. The van der Waals surface area contributed by atoms with Crippen LogP contribution < -0.4 is 4.90 Å². The molecule has 0 saturated carbocycles. The average Bonchev–Trinajstić information content (AvgIpc) is 4.10. The summed E-state index contributed by atoms with van der Waals surface area (Å²) < 4.78 is 4.03. The summed E-state index contributed by atoms with van der Waals surface area (Å²) in [5, 5.41) is 4.04. The van der Waals surface area contributed by atoms with Gasteiger partial charge in [0.05, 0.1) is 5.69 Å². The zero-order chi connectivity index (χ0) is 41.9. The van der Waals surface area contributed by atoms with Crippen LogP contribution in [0.5, 0.6) is 0 Å². The van der Waals surface area contributed by atoms with Gasteiger partial charge in [-0.2, -0.15) is 0 Å². The van der Waals surface area contributed by atoms with Gasteiger partial charge >= 0.3 is 0 Å². The van der Waals surface area contributed by atoms with E-state index in [0.29, 0.717) is 0 Å². The van der Waals surface area contributed by atoms with E-state index in [1.807, 2.05) is 22.7 Å². The Kier molecular flexibility index (Phi) is 7.96. The minimum absolute atomic E-state index is 0.111. The van der Waals surface area contributed by atoms with Crippen molar-refractivity contribution < 1.29 is 0 Å². The summed E-state index contributed by atoms with van der Waals surface area (Å²) in [5.74, 6) is 0.859. The van der Waals surface area contributed by atoms with E-state index in [0.717, 1.165) is 5.69 Å². The Hall–Kier alpha value is -7.04. The molecule has 5 unspecified atom stereocenters. The summed E-state index contributed by atoms with van der Waals surface area (Å²) in [6.07, 6.45) is 12.5. The Morgan fingerprint density at radius 3 is 1.88 bits per heavy atom. The Bertz CT molecular complexity index is 3600.